The molecule has 1 N–H and O–H groups in total. The number of likely N-dealkylation sites (N-methyl/N-ethyl adjacent to an activating group) is 1. The van der Waals surface area contributed by atoms with Crippen LogP contribution in [-0.4, -0.2) is 67.1 Å². The van der Waals surface area contributed by atoms with Crippen molar-refractivity contribution in [2.45, 2.75) is 11.1 Å². The van der Waals surface area contributed by atoms with Gasteiger partial charge >= 0.3 is 6.18 Å². The predicted octanol–water partition coefficient (Wildman–Crippen LogP) is 0.0509. The van der Waals surface area contributed by atoms with E-state index in [9.17, 15) is 26.4 Å². The summed E-state index contributed by atoms with van der Waals surface area (Å²) in [7, 11) is -1.81. The lowest BCUT2D eigenvalue weighted by Gasteiger charge is -2.23. The van der Waals surface area contributed by atoms with Crippen molar-refractivity contribution >= 4 is 15.9 Å². The average Bonchev–Trinajstić information content (AvgIpc) is 2.79. The minimum Gasteiger partial charge on any atom is -0.348 e. The first-order valence-electron chi connectivity index (χ1n) is 5.30. The second kappa shape index (κ2) is 5.79. The van der Waals surface area contributed by atoms with Gasteiger partial charge in [-0.25, -0.2) is 8.42 Å². The molecule has 20 heavy (non-hydrogen) atoms. The van der Waals surface area contributed by atoms with E-state index in [1.165, 1.54) is 14.1 Å². The van der Waals surface area contributed by atoms with Crippen molar-refractivity contribution in [1.82, 2.24) is 19.4 Å². The molecule has 0 saturated heterocycles. The van der Waals surface area contributed by atoms with Crippen LogP contribution in [0.15, 0.2) is 17.3 Å². The van der Waals surface area contributed by atoms with Crippen molar-refractivity contribution in [3.8, 4) is 0 Å². The third-order valence-corrected chi connectivity index (χ3v) is 4.03. The zero-order valence-corrected chi connectivity index (χ0v) is 11.5. The Morgan fingerprint density at radius 2 is 2.00 bits per heavy atom. The Labute approximate surface area is 113 Å². The smallest absolute Gasteiger partial charge is 0.348 e. The number of aromatic amines is 1. The molecule has 0 spiro atoms. The highest BCUT2D eigenvalue weighted by Crippen LogP contribution is 2.22. The van der Waals surface area contributed by atoms with Crippen molar-refractivity contribution in [2.24, 2.45) is 0 Å². The van der Waals surface area contributed by atoms with Crippen LogP contribution in [0.3, 0.4) is 0 Å². The molecule has 0 aliphatic carbocycles. The minimum atomic E-state index is -4.76. The first-order chi connectivity index (χ1) is 9.04. The van der Waals surface area contributed by atoms with Gasteiger partial charge in [-0.3, -0.25) is 9.89 Å². The van der Waals surface area contributed by atoms with E-state index in [2.05, 4.69) is 10.2 Å². The molecule has 1 aromatic heterocycles. The van der Waals surface area contributed by atoms with E-state index >= 15 is 0 Å². The van der Waals surface area contributed by atoms with Crippen LogP contribution in [-0.2, 0) is 14.8 Å². The van der Waals surface area contributed by atoms with E-state index in [0.717, 1.165) is 17.3 Å². The van der Waals surface area contributed by atoms with Gasteiger partial charge < -0.3 is 4.90 Å². The van der Waals surface area contributed by atoms with Gasteiger partial charge in [0.15, 0.2) is 0 Å². The number of carbonyl (C=O) groups is 1. The molecule has 0 saturated carbocycles. The molecule has 0 unspecified atom stereocenters. The van der Waals surface area contributed by atoms with Crippen molar-refractivity contribution in [2.75, 3.05) is 27.2 Å². The Morgan fingerprint density at radius 1 is 1.40 bits per heavy atom. The molecule has 0 atom stereocenters. The van der Waals surface area contributed by atoms with Crippen LogP contribution in [0.5, 0.6) is 0 Å². The second-order valence-electron chi connectivity index (χ2n) is 4.11. The van der Waals surface area contributed by atoms with Crippen molar-refractivity contribution in [1.29, 1.82) is 0 Å². The van der Waals surface area contributed by atoms with Crippen LogP contribution in [0.25, 0.3) is 0 Å². The number of amides is 1. The molecule has 1 aromatic rings. The van der Waals surface area contributed by atoms with Gasteiger partial charge in [-0.2, -0.15) is 22.6 Å². The molecule has 1 amide bonds. The fourth-order valence-electron chi connectivity index (χ4n) is 1.25. The average molecular weight is 314 g/mol. The van der Waals surface area contributed by atoms with Gasteiger partial charge in [0, 0.05) is 20.3 Å². The SMILES string of the molecule is CN(C)C(=O)CN(CC(F)(F)F)S(=O)(=O)c1cn[nH]c1. The third-order valence-electron chi connectivity index (χ3n) is 2.28. The van der Waals surface area contributed by atoms with E-state index in [1.54, 1.807) is 0 Å². The standard InChI is InChI=1S/C9H13F3N4O3S/c1-15(2)8(17)5-16(6-9(10,11)12)20(18,19)7-3-13-14-4-7/h3-4H,5-6H2,1-2H3,(H,13,14). The van der Waals surface area contributed by atoms with Crippen LogP contribution < -0.4 is 0 Å². The molecule has 0 aliphatic heterocycles. The summed E-state index contributed by atoms with van der Waals surface area (Å²) < 4.78 is 61.5. The molecule has 1 rings (SSSR count). The summed E-state index contributed by atoms with van der Waals surface area (Å²) in [6, 6.07) is 0. The lowest BCUT2D eigenvalue weighted by Crippen LogP contribution is -2.44. The Kier molecular flexibility index (Phi) is 4.76. The quantitative estimate of drug-likeness (QED) is 0.832. The molecule has 1 heterocycles. The number of alkyl halides is 3. The summed E-state index contributed by atoms with van der Waals surface area (Å²) in [5.41, 5.74) is 0. The van der Waals surface area contributed by atoms with Crippen LogP contribution in [0.2, 0.25) is 0 Å². The molecule has 0 bridgehead atoms. The fourth-order valence-corrected chi connectivity index (χ4v) is 2.53. The Hall–Kier alpha value is -1.62. The van der Waals surface area contributed by atoms with Gasteiger partial charge in [0.2, 0.25) is 15.9 Å². The summed E-state index contributed by atoms with van der Waals surface area (Å²) in [4.78, 5) is 12.1. The van der Waals surface area contributed by atoms with Crippen LogP contribution in [0.4, 0.5) is 13.2 Å². The van der Waals surface area contributed by atoms with Crippen LogP contribution in [0.1, 0.15) is 0 Å². The molecule has 0 aliphatic rings. The summed E-state index contributed by atoms with van der Waals surface area (Å²) in [5.74, 6) is -0.763. The number of nitrogens with zero attached hydrogens (tertiary/aromatic N) is 3. The molecule has 7 nitrogen and oxygen atoms in total. The Balaban J connectivity index is 3.08. The topological polar surface area (TPSA) is 86.4 Å². The summed E-state index contributed by atoms with van der Waals surface area (Å²) in [5, 5.41) is 5.57. The summed E-state index contributed by atoms with van der Waals surface area (Å²) in [6.07, 6.45) is -2.94. The number of carbonyl (C=O) groups excluding carboxylic acids is 1. The highest BCUT2D eigenvalue weighted by Gasteiger charge is 2.38. The Morgan fingerprint density at radius 3 is 2.40 bits per heavy atom. The molecule has 0 radical (unpaired) electrons. The van der Waals surface area contributed by atoms with Gasteiger partial charge in [-0.05, 0) is 0 Å². The fraction of sp³-hybridized carbons (Fsp3) is 0.556. The van der Waals surface area contributed by atoms with Crippen molar-refractivity contribution in [3.63, 3.8) is 0 Å². The zero-order valence-electron chi connectivity index (χ0n) is 10.7. The van der Waals surface area contributed by atoms with Gasteiger partial charge in [0.25, 0.3) is 0 Å². The first kappa shape index (κ1) is 16.4. The normalized spacial score (nSPS) is 12.7. The number of sulfonamides is 1. The van der Waals surface area contributed by atoms with E-state index in [1.807, 2.05) is 0 Å². The molecule has 114 valence electrons. The highest BCUT2D eigenvalue weighted by molar-refractivity contribution is 7.89. The highest BCUT2D eigenvalue weighted by atomic mass is 32.2. The lowest BCUT2D eigenvalue weighted by atomic mass is 10.5. The van der Waals surface area contributed by atoms with Crippen LogP contribution in [0, 0.1) is 0 Å². The maximum absolute atomic E-state index is 12.5. The van der Waals surface area contributed by atoms with Crippen molar-refractivity contribution < 1.29 is 26.4 Å². The van der Waals surface area contributed by atoms with Gasteiger partial charge in [-0.15, -0.1) is 0 Å². The Bertz CT molecular complexity index is 553. The number of rotatable bonds is 5. The summed E-state index contributed by atoms with van der Waals surface area (Å²) in [6.45, 7) is -2.65. The minimum absolute atomic E-state index is 0.0696. The van der Waals surface area contributed by atoms with E-state index < -0.39 is 40.1 Å². The number of hydrogen-bond acceptors (Lipinski definition) is 4. The van der Waals surface area contributed by atoms with E-state index in [-0.39, 0.29) is 4.31 Å². The largest absolute Gasteiger partial charge is 0.402 e. The maximum atomic E-state index is 12.5. The number of nitrogens with one attached hydrogen (secondary N) is 1. The van der Waals surface area contributed by atoms with Gasteiger partial charge in [0.05, 0.1) is 12.7 Å². The number of hydrogen-bond donors (Lipinski definition) is 1. The second-order valence-corrected chi connectivity index (χ2v) is 6.05. The molecule has 11 heteroatoms. The van der Waals surface area contributed by atoms with Crippen molar-refractivity contribution in [3.05, 3.63) is 12.4 Å². The number of aromatic nitrogens is 2. The molecule has 0 aromatic carbocycles. The van der Waals surface area contributed by atoms with Crippen LogP contribution >= 0.6 is 0 Å². The summed E-state index contributed by atoms with van der Waals surface area (Å²) >= 11 is 0. The van der Waals surface area contributed by atoms with E-state index in [0.29, 0.717) is 0 Å². The number of halogens is 3. The zero-order chi connectivity index (χ0) is 15.6. The monoisotopic (exact) mass is 314 g/mol. The first-order valence-corrected chi connectivity index (χ1v) is 6.74. The van der Waals surface area contributed by atoms with E-state index in [4.69, 9.17) is 0 Å². The lowest BCUT2D eigenvalue weighted by molar-refractivity contribution is -0.141. The molecule has 0 fully saturated rings. The number of H-pyrrole nitrogens is 1. The molecular formula is C9H13F3N4O3S. The van der Waals surface area contributed by atoms with Gasteiger partial charge in [0.1, 0.15) is 11.4 Å². The van der Waals surface area contributed by atoms with Gasteiger partial charge in [-0.1, -0.05) is 0 Å². The maximum Gasteiger partial charge on any atom is 0.402 e. The third kappa shape index (κ3) is 4.20. The predicted molar refractivity (Wildman–Crippen MR) is 62.1 cm³/mol. The molecular weight excluding hydrogens is 301 g/mol.